The molecule has 3 N–H and O–H groups in total. The number of thiazole rings is 1. The standard InChI is InChI=1S/C7H10N4S/c1-5(2-8)10-3-6-4-11-7(9)12-6/h4-5,10H,3H2,1H3,(H2,9,11). The monoisotopic (exact) mass is 182 g/mol. The van der Waals surface area contributed by atoms with Crippen LogP contribution < -0.4 is 11.1 Å². The number of anilines is 1. The molecule has 1 atom stereocenters. The van der Waals surface area contributed by atoms with E-state index >= 15 is 0 Å². The molecule has 0 aliphatic carbocycles. The van der Waals surface area contributed by atoms with E-state index in [1.165, 1.54) is 11.3 Å². The zero-order valence-corrected chi connectivity index (χ0v) is 7.56. The first-order valence-electron chi connectivity index (χ1n) is 3.55. The molecule has 1 rings (SSSR count). The summed E-state index contributed by atoms with van der Waals surface area (Å²) in [6.07, 6.45) is 1.72. The predicted octanol–water partition coefficient (Wildman–Crippen LogP) is 0.727. The van der Waals surface area contributed by atoms with Crippen molar-refractivity contribution in [2.24, 2.45) is 0 Å². The van der Waals surface area contributed by atoms with Gasteiger partial charge in [-0.05, 0) is 6.92 Å². The smallest absolute Gasteiger partial charge is 0.180 e. The molecule has 1 aromatic heterocycles. The van der Waals surface area contributed by atoms with Gasteiger partial charge in [0.15, 0.2) is 5.13 Å². The van der Waals surface area contributed by atoms with Crippen molar-refractivity contribution in [3.63, 3.8) is 0 Å². The SMILES string of the molecule is CC(C#N)NCc1cnc(N)s1. The van der Waals surface area contributed by atoms with Gasteiger partial charge in [-0.25, -0.2) is 4.98 Å². The van der Waals surface area contributed by atoms with Crippen LogP contribution in [0.1, 0.15) is 11.8 Å². The van der Waals surface area contributed by atoms with E-state index in [1.54, 1.807) is 6.20 Å². The Hall–Kier alpha value is -1.12. The number of nitrogen functional groups attached to an aromatic ring is 1. The number of hydrogen-bond donors (Lipinski definition) is 2. The Labute approximate surface area is 75.0 Å². The van der Waals surface area contributed by atoms with Gasteiger partial charge < -0.3 is 5.73 Å². The van der Waals surface area contributed by atoms with Crippen LogP contribution in [-0.2, 0) is 6.54 Å². The Morgan fingerprint density at radius 3 is 3.17 bits per heavy atom. The summed E-state index contributed by atoms with van der Waals surface area (Å²) in [6, 6.07) is 1.95. The molecule has 4 nitrogen and oxygen atoms in total. The molecule has 64 valence electrons. The van der Waals surface area contributed by atoms with E-state index in [1.807, 2.05) is 6.92 Å². The lowest BCUT2D eigenvalue weighted by Crippen LogP contribution is -2.22. The maximum Gasteiger partial charge on any atom is 0.180 e. The highest BCUT2D eigenvalue weighted by atomic mass is 32.1. The summed E-state index contributed by atoms with van der Waals surface area (Å²) in [5, 5.41) is 12.1. The van der Waals surface area contributed by atoms with Crippen LogP contribution in [0.4, 0.5) is 5.13 Å². The molecule has 0 saturated carbocycles. The number of nitrogens with two attached hydrogens (primary N) is 1. The van der Waals surface area contributed by atoms with E-state index in [0.717, 1.165) is 4.88 Å². The summed E-state index contributed by atoms with van der Waals surface area (Å²) < 4.78 is 0. The van der Waals surface area contributed by atoms with Crippen LogP contribution in [0.15, 0.2) is 6.20 Å². The van der Waals surface area contributed by atoms with Gasteiger partial charge in [0, 0.05) is 17.6 Å². The highest BCUT2D eigenvalue weighted by Gasteiger charge is 2.00. The van der Waals surface area contributed by atoms with Gasteiger partial charge in [0.1, 0.15) is 0 Å². The van der Waals surface area contributed by atoms with Gasteiger partial charge in [0.25, 0.3) is 0 Å². The largest absolute Gasteiger partial charge is 0.375 e. The van der Waals surface area contributed by atoms with Crippen molar-refractivity contribution in [1.82, 2.24) is 10.3 Å². The molecule has 0 aliphatic rings. The van der Waals surface area contributed by atoms with E-state index < -0.39 is 0 Å². The summed E-state index contributed by atoms with van der Waals surface area (Å²) in [5.74, 6) is 0. The molecule has 0 spiro atoms. The van der Waals surface area contributed by atoms with E-state index in [2.05, 4.69) is 16.4 Å². The van der Waals surface area contributed by atoms with E-state index in [0.29, 0.717) is 11.7 Å². The highest BCUT2D eigenvalue weighted by Crippen LogP contribution is 2.13. The third-order valence-electron chi connectivity index (χ3n) is 1.35. The number of rotatable bonds is 3. The van der Waals surface area contributed by atoms with Crippen molar-refractivity contribution >= 4 is 16.5 Å². The van der Waals surface area contributed by atoms with Crippen LogP contribution in [0.2, 0.25) is 0 Å². The molecule has 5 heteroatoms. The van der Waals surface area contributed by atoms with E-state index in [9.17, 15) is 0 Å². The summed E-state index contributed by atoms with van der Waals surface area (Å²) in [4.78, 5) is 4.94. The maximum absolute atomic E-state index is 8.47. The van der Waals surface area contributed by atoms with E-state index in [4.69, 9.17) is 11.0 Å². The molecule has 1 aromatic rings. The zero-order valence-electron chi connectivity index (χ0n) is 6.74. The summed E-state index contributed by atoms with van der Waals surface area (Å²) in [6.45, 7) is 2.47. The topological polar surface area (TPSA) is 74.7 Å². The number of nitrogens with one attached hydrogen (secondary N) is 1. The van der Waals surface area contributed by atoms with Crippen molar-refractivity contribution in [2.75, 3.05) is 5.73 Å². The van der Waals surface area contributed by atoms with Crippen LogP contribution in [-0.4, -0.2) is 11.0 Å². The Balaban J connectivity index is 2.39. The first kappa shape index (κ1) is 8.97. The predicted molar refractivity (Wildman–Crippen MR) is 48.4 cm³/mol. The van der Waals surface area contributed by atoms with Crippen molar-refractivity contribution in [3.05, 3.63) is 11.1 Å². The fourth-order valence-corrected chi connectivity index (χ4v) is 1.34. The molecule has 0 aliphatic heterocycles. The minimum absolute atomic E-state index is 0.131. The molecule has 0 aromatic carbocycles. The minimum atomic E-state index is -0.131. The molecular formula is C7H10N4S. The van der Waals surface area contributed by atoms with Crippen LogP contribution in [0.25, 0.3) is 0 Å². The average molecular weight is 182 g/mol. The zero-order chi connectivity index (χ0) is 8.97. The van der Waals surface area contributed by atoms with Gasteiger partial charge in [-0.2, -0.15) is 5.26 Å². The van der Waals surface area contributed by atoms with Crippen LogP contribution in [0.5, 0.6) is 0 Å². The normalized spacial score (nSPS) is 12.3. The third kappa shape index (κ3) is 2.49. The minimum Gasteiger partial charge on any atom is -0.375 e. The first-order valence-corrected chi connectivity index (χ1v) is 4.37. The molecule has 12 heavy (non-hydrogen) atoms. The Bertz CT molecular complexity index is 288. The third-order valence-corrected chi connectivity index (χ3v) is 2.17. The van der Waals surface area contributed by atoms with Gasteiger partial charge >= 0.3 is 0 Å². The van der Waals surface area contributed by atoms with Gasteiger partial charge in [-0.3, -0.25) is 5.32 Å². The lowest BCUT2D eigenvalue weighted by Gasteiger charge is -2.01. The van der Waals surface area contributed by atoms with E-state index in [-0.39, 0.29) is 6.04 Å². The van der Waals surface area contributed by atoms with Crippen LogP contribution in [0, 0.1) is 11.3 Å². The van der Waals surface area contributed by atoms with Gasteiger partial charge in [0.05, 0.1) is 12.1 Å². The van der Waals surface area contributed by atoms with Crippen molar-refractivity contribution in [3.8, 4) is 6.07 Å². The number of hydrogen-bond acceptors (Lipinski definition) is 5. The average Bonchev–Trinajstić information content (AvgIpc) is 2.47. The van der Waals surface area contributed by atoms with Gasteiger partial charge in [-0.15, -0.1) is 11.3 Å². The summed E-state index contributed by atoms with van der Waals surface area (Å²) in [7, 11) is 0. The molecule has 0 fully saturated rings. The molecular weight excluding hydrogens is 172 g/mol. The summed E-state index contributed by atoms with van der Waals surface area (Å²) in [5.41, 5.74) is 5.43. The lowest BCUT2D eigenvalue weighted by atomic mass is 10.4. The first-order chi connectivity index (χ1) is 5.72. The van der Waals surface area contributed by atoms with Crippen LogP contribution >= 0.6 is 11.3 Å². The van der Waals surface area contributed by atoms with Gasteiger partial charge in [-0.1, -0.05) is 0 Å². The van der Waals surface area contributed by atoms with Gasteiger partial charge in [0.2, 0.25) is 0 Å². The molecule has 1 unspecified atom stereocenters. The van der Waals surface area contributed by atoms with Crippen LogP contribution in [0.3, 0.4) is 0 Å². The van der Waals surface area contributed by atoms with Crippen molar-refractivity contribution in [2.45, 2.75) is 19.5 Å². The quantitative estimate of drug-likeness (QED) is 0.722. The fraction of sp³-hybridized carbons (Fsp3) is 0.429. The lowest BCUT2D eigenvalue weighted by molar-refractivity contribution is 0.647. The molecule has 0 saturated heterocycles. The number of nitriles is 1. The molecule has 0 radical (unpaired) electrons. The fourth-order valence-electron chi connectivity index (χ4n) is 0.704. The Morgan fingerprint density at radius 1 is 1.92 bits per heavy atom. The number of aromatic nitrogens is 1. The number of nitrogens with zero attached hydrogens (tertiary/aromatic N) is 2. The van der Waals surface area contributed by atoms with Crippen molar-refractivity contribution in [1.29, 1.82) is 5.26 Å². The summed E-state index contributed by atoms with van der Waals surface area (Å²) >= 11 is 1.43. The Kier molecular flexibility index (Phi) is 3.02. The second-order valence-corrected chi connectivity index (χ2v) is 3.54. The van der Waals surface area contributed by atoms with Crippen molar-refractivity contribution < 1.29 is 0 Å². The highest BCUT2D eigenvalue weighted by molar-refractivity contribution is 7.15. The molecule has 1 heterocycles. The molecule has 0 bridgehead atoms. The second kappa shape index (κ2) is 4.04. The molecule has 0 amide bonds. The Morgan fingerprint density at radius 2 is 2.67 bits per heavy atom. The second-order valence-electron chi connectivity index (χ2n) is 2.40. The maximum atomic E-state index is 8.47.